The van der Waals surface area contributed by atoms with Gasteiger partial charge in [-0.15, -0.1) is 11.8 Å². The minimum absolute atomic E-state index is 0.0673. The molecule has 1 N–H and O–H groups in total. The first kappa shape index (κ1) is 22.2. The van der Waals surface area contributed by atoms with Gasteiger partial charge in [0.05, 0.1) is 5.56 Å². The van der Waals surface area contributed by atoms with Crippen molar-refractivity contribution in [2.24, 2.45) is 0 Å². The number of anilines is 1. The SMILES string of the molecule is CC1CCCCN1C(=O)c1ccc(NC(=O)c2ccccc2SCc2ccccc2)cc1. The summed E-state index contributed by atoms with van der Waals surface area (Å²) < 4.78 is 0. The minimum atomic E-state index is -0.148. The van der Waals surface area contributed by atoms with Crippen LogP contribution < -0.4 is 5.32 Å². The standard InChI is InChI=1S/C27H28N2O2S/c1-20-9-7-8-18-29(20)27(31)22-14-16-23(17-15-22)28-26(30)24-12-5-6-13-25(24)32-19-21-10-3-2-4-11-21/h2-6,10-17,20H,7-9,18-19H2,1H3,(H,28,30). The van der Waals surface area contributed by atoms with Crippen LogP contribution in [-0.2, 0) is 5.75 Å². The maximum absolute atomic E-state index is 13.0. The largest absolute Gasteiger partial charge is 0.336 e. The average molecular weight is 445 g/mol. The number of piperidine rings is 1. The van der Waals surface area contributed by atoms with Gasteiger partial charge in [-0.1, -0.05) is 42.5 Å². The van der Waals surface area contributed by atoms with Crippen LogP contribution in [0.5, 0.6) is 0 Å². The first-order valence-electron chi connectivity index (χ1n) is 11.1. The number of nitrogens with one attached hydrogen (secondary N) is 1. The van der Waals surface area contributed by atoms with E-state index in [2.05, 4.69) is 24.4 Å². The Bertz CT molecular complexity index is 1070. The van der Waals surface area contributed by atoms with Gasteiger partial charge in [0.15, 0.2) is 0 Å². The molecule has 4 nitrogen and oxygen atoms in total. The van der Waals surface area contributed by atoms with Crippen LogP contribution in [-0.4, -0.2) is 29.3 Å². The van der Waals surface area contributed by atoms with Crippen LogP contribution in [0.2, 0.25) is 0 Å². The summed E-state index contributed by atoms with van der Waals surface area (Å²) in [5.74, 6) is 0.722. The van der Waals surface area contributed by atoms with Gasteiger partial charge in [-0.3, -0.25) is 9.59 Å². The molecule has 1 fully saturated rings. The zero-order valence-corrected chi connectivity index (χ0v) is 19.1. The monoisotopic (exact) mass is 444 g/mol. The van der Waals surface area contributed by atoms with Gasteiger partial charge in [0.2, 0.25) is 0 Å². The molecule has 3 aromatic carbocycles. The lowest BCUT2D eigenvalue weighted by Crippen LogP contribution is -2.42. The summed E-state index contributed by atoms with van der Waals surface area (Å²) in [5, 5.41) is 2.97. The molecule has 164 valence electrons. The fourth-order valence-corrected chi connectivity index (χ4v) is 4.98. The molecule has 1 aliphatic rings. The van der Waals surface area contributed by atoms with E-state index in [1.54, 1.807) is 36.0 Å². The molecular formula is C27H28N2O2S. The highest BCUT2D eigenvalue weighted by Gasteiger charge is 2.24. The van der Waals surface area contributed by atoms with E-state index in [0.717, 1.165) is 30.0 Å². The third-order valence-corrected chi connectivity index (χ3v) is 6.97. The fourth-order valence-electron chi connectivity index (χ4n) is 3.98. The maximum atomic E-state index is 13.0. The van der Waals surface area contributed by atoms with E-state index in [4.69, 9.17) is 0 Å². The molecule has 4 rings (SSSR count). The molecular weight excluding hydrogens is 416 g/mol. The number of carbonyl (C=O) groups excluding carboxylic acids is 2. The fraction of sp³-hybridized carbons (Fsp3) is 0.259. The van der Waals surface area contributed by atoms with Crippen molar-refractivity contribution in [1.29, 1.82) is 0 Å². The van der Waals surface area contributed by atoms with Crippen LogP contribution in [0.25, 0.3) is 0 Å². The molecule has 32 heavy (non-hydrogen) atoms. The molecule has 1 unspecified atom stereocenters. The Hall–Kier alpha value is -3.05. The van der Waals surface area contributed by atoms with Crippen molar-refractivity contribution >= 4 is 29.3 Å². The average Bonchev–Trinajstić information content (AvgIpc) is 2.84. The van der Waals surface area contributed by atoms with Gasteiger partial charge < -0.3 is 10.2 Å². The van der Waals surface area contributed by atoms with Crippen molar-refractivity contribution in [3.8, 4) is 0 Å². The van der Waals surface area contributed by atoms with E-state index in [-0.39, 0.29) is 17.9 Å². The van der Waals surface area contributed by atoms with Crippen LogP contribution in [0.1, 0.15) is 52.5 Å². The second-order valence-electron chi connectivity index (χ2n) is 8.15. The molecule has 0 aliphatic carbocycles. The number of hydrogen-bond donors (Lipinski definition) is 1. The Labute approximate surface area is 194 Å². The minimum Gasteiger partial charge on any atom is -0.336 e. The van der Waals surface area contributed by atoms with Gasteiger partial charge in [0, 0.05) is 34.5 Å². The third kappa shape index (κ3) is 5.40. The Morgan fingerprint density at radius 2 is 1.66 bits per heavy atom. The number of nitrogens with zero attached hydrogens (tertiary/aromatic N) is 1. The summed E-state index contributed by atoms with van der Waals surface area (Å²) in [6, 6.07) is 25.4. The predicted molar refractivity (Wildman–Crippen MR) is 131 cm³/mol. The van der Waals surface area contributed by atoms with E-state index in [1.165, 1.54) is 12.0 Å². The summed E-state index contributed by atoms with van der Waals surface area (Å²) in [5.41, 5.74) is 3.21. The molecule has 1 atom stereocenters. The second-order valence-corrected chi connectivity index (χ2v) is 9.16. The van der Waals surface area contributed by atoms with E-state index in [0.29, 0.717) is 16.8 Å². The molecule has 5 heteroatoms. The van der Waals surface area contributed by atoms with Crippen LogP contribution in [0.4, 0.5) is 5.69 Å². The van der Waals surface area contributed by atoms with Crippen molar-refractivity contribution in [3.05, 3.63) is 95.6 Å². The molecule has 0 saturated carbocycles. The highest BCUT2D eigenvalue weighted by atomic mass is 32.2. The van der Waals surface area contributed by atoms with Crippen molar-refractivity contribution in [3.63, 3.8) is 0 Å². The summed E-state index contributed by atoms with van der Waals surface area (Å²) >= 11 is 1.65. The number of rotatable bonds is 6. The summed E-state index contributed by atoms with van der Waals surface area (Å²) in [7, 11) is 0. The first-order chi connectivity index (χ1) is 15.6. The van der Waals surface area contributed by atoms with Crippen molar-refractivity contribution in [2.75, 3.05) is 11.9 Å². The lowest BCUT2D eigenvalue weighted by atomic mass is 10.0. The molecule has 1 saturated heterocycles. The Morgan fingerprint density at radius 1 is 0.938 bits per heavy atom. The molecule has 0 aromatic heterocycles. The van der Waals surface area contributed by atoms with Gasteiger partial charge in [-0.05, 0) is 68.1 Å². The molecule has 1 aliphatic heterocycles. The summed E-state index contributed by atoms with van der Waals surface area (Å²) in [4.78, 5) is 28.7. The topological polar surface area (TPSA) is 49.4 Å². The van der Waals surface area contributed by atoms with Gasteiger partial charge in [0.1, 0.15) is 0 Å². The lowest BCUT2D eigenvalue weighted by Gasteiger charge is -2.33. The Balaban J connectivity index is 1.41. The van der Waals surface area contributed by atoms with E-state index in [9.17, 15) is 9.59 Å². The van der Waals surface area contributed by atoms with E-state index >= 15 is 0 Å². The predicted octanol–water partition coefficient (Wildman–Crippen LogP) is 6.25. The zero-order valence-electron chi connectivity index (χ0n) is 18.3. The Morgan fingerprint density at radius 3 is 2.41 bits per heavy atom. The highest BCUT2D eigenvalue weighted by molar-refractivity contribution is 7.98. The van der Waals surface area contributed by atoms with E-state index in [1.807, 2.05) is 47.4 Å². The maximum Gasteiger partial charge on any atom is 0.256 e. The summed E-state index contributed by atoms with van der Waals surface area (Å²) in [6.45, 7) is 2.93. The number of benzene rings is 3. The van der Waals surface area contributed by atoms with Crippen LogP contribution in [0.15, 0.2) is 83.8 Å². The second kappa shape index (κ2) is 10.5. The van der Waals surface area contributed by atoms with Gasteiger partial charge >= 0.3 is 0 Å². The first-order valence-corrected chi connectivity index (χ1v) is 12.1. The van der Waals surface area contributed by atoms with Crippen molar-refractivity contribution in [2.45, 2.75) is 42.9 Å². The molecule has 3 aromatic rings. The van der Waals surface area contributed by atoms with Crippen molar-refractivity contribution < 1.29 is 9.59 Å². The molecule has 1 heterocycles. The number of carbonyl (C=O) groups is 2. The molecule has 0 spiro atoms. The van der Waals surface area contributed by atoms with Crippen LogP contribution >= 0.6 is 11.8 Å². The molecule has 0 radical (unpaired) electrons. The molecule has 2 amide bonds. The number of amides is 2. The number of hydrogen-bond acceptors (Lipinski definition) is 3. The lowest BCUT2D eigenvalue weighted by molar-refractivity contribution is 0.0635. The van der Waals surface area contributed by atoms with Gasteiger partial charge in [0.25, 0.3) is 11.8 Å². The number of likely N-dealkylation sites (tertiary alicyclic amines) is 1. The zero-order chi connectivity index (χ0) is 22.3. The van der Waals surface area contributed by atoms with Crippen molar-refractivity contribution in [1.82, 2.24) is 4.90 Å². The highest BCUT2D eigenvalue weighted by Crippen LogP contribution is 2.27. The quantitative estimate of drug-likeness (QED) is 0.458. The normalized spacial score (nSPS) is 15.9. The summed E-state index contributed by atoms with van der Waals surface area (Å²) in [6.07, 6.45) is 3.30. The van der Waals surface area contributed by atoms with Crippen LogP contribution in [0.3, 0.4) is 0 Å². The van der Waals surface area contributed by atoms with Crippen LogP contribution in [0, 0.1) is 0 Å². The smallest absolute Gasteiger partial charge is 0.256 e. The third-order valence-electron chi connectivity index (χ3n) is 5.82. The van der Waals surface area contributed by atoms with E-state index < -0.39 is 0 Å². The van der Waals surface area contributed by atoms with Gasteiger partial charge in [-0.25, -0.2) is 0 Å². The molecule has 0 bridgehead atoms. The number of thioether (sulfide) groups is 1. The van der Waals surface area contributed by atoms with Gasteiger partial charge in [-0.2, -0.15) is 0 Å². The Kier molecular flexibility index (Phi) is 7.28.